The molecule has 2 aliphatic carbocycles. The van der Waals surface area contributed by atoms with E-state index in [-0.39, 0.29) is 55.0 Å². The van der Waals surface area contributed by atoms with Gasteiger partial charge in [-0.3, -0.25) is 14.9 Å². The number of nitrogens with one attached hydrogen (secondary N) is 2. The Hall–Kier alpha value is -4.47. The van der Waals surface area contributed by atoms with E-state index in [2.05, 4.69) is 15.1 Å². The summed E-state index contributed by atoms with van der Waals surface area (Å²) >= 11 is 0. The molecule has 2 amide bonds. The predicted octanol–water partition coefficient (Wildman–Crippen LogP) is 5.80. The number of hydrogen-bond donors (Lipinski definition) is 2. The molecule has 13 nitrogen and oxygen atoms in total. The standard InChI is InChI=1S/C32H38F2N6O7S/c1-30(2,3)47-29(42)37-27(22-11-15-32(33,34)16-12-22)25-20-39-26(36-25)17-21(19-35-39)18-31(13-5-4-6-14-31)28(41)38-48(45,46)24-9-7-23(8-10-24)40(43)44/h4-5,7-10,17,19-20,22,27H,6,11-16,18H2,1-3H3,(H,37,42)(H,38,41)/t27-,31?/m0/s1. The fourth-order valence-corrected chi connectivity index (χ4v) is 7.28. The number of allylic oxidation sites excluding steroid dienone is 2. The van der Waals surface area contributed by atoms with Crippen molar-refractivity contribution < 1.29 is 36.4 Å². The highest BCUT2D eigenvalue weighted by Gasteiger charge is 2.42. The summed E-state index contributed by atoms with van der Waals surface area (Å²) in [6.45, 7) is 5.16. The summed E-state index contributed by atoms with van der Waals surface area (Å²) in [7, 11) is -4.33. The zero-order chi connectivity index (χ0) is 34.9. The van der Waals surface area contributed by atoms with Crippen molar-refractivity contribution in [3.8, 4) is 0 Å². The molecule has 1 aromatic carbocycles. The van der Waals surface area contributed by atoms with Gasteiger partial charge in [0.15, 0.2) is 5.65 Å². The summed E-state index contributed by atoms with van der Waals surface area (Å²) in [5.74, 6) is -3.80. The molecule has 1 unspecified atom stereocenters. The minimum atomic E-state index is -4.33. The number of benzene rings is 1. The van der Waals surface area contributed by atoms with E-state index in [4.69, 9.17) is 9.72 Å². The number of nitro groups is 1. The minimum Gasteiger partial charge on any atom is -0.444 e. The van der Waals surface area contributed by atoms with Crippen LogP contribution in [0.1, 0.15) is 83.0 Å². The van der Waals surface area contributed by atoms with E-state index in [0.29, 0.717) is 29.7 Å². The first-order valence-corrected chi connectivity index (χ1v) is 17.1. The fourth-order valence-electron chi connectivity index (χ4n) is 6.21. The number of sulfonamides is 1. The summed E-state index contributed by atoms with van der Waals surface area (Å²) in [5.41, 5.74) is -0.797. The Morgan fingerprint density at radius 1 is 1.15 bits per heavy atom. The van der Waals surface area contributed by atoms with Crippen molar-refractivity contribution in [3.63, 3.8) is 0 Å². The molecule has 258 valence electrons. The van der Waals surface area contributed by atoms with Gasteiger partial charge < -0.3 is 10.1 Å². The second-order valence-electron chi connectivity index (χ2n) is 13.5. The Morgan fingerprint density at radius 3 is 2.44 bits per heavy atom. The number of halogens is 2. The zero-order valence-electron chi connectivity index (χ0n) is 26.8. The monoisotopic (exact) mass is 688 g/mol. The lowest BCUT2D eigenvalue weighted by atomic mass is 9.72. The third kappa shape index (κ3) is 8.14. The van der Waals surface area contributed by atoms with Crippen LogP contribution in [-0.2, 0) is 26.0 Å². The van der Waals surface area contributed by atoms with Crippen LogP contribution in [0.25, 0.3) is 5.65 Å². The molecule has 48 heavy (non-hydrogen) atoms. The van der Waals surface area contributed by atoms with Gasteiger partial charge in [0, 0.05) is 25.0 Å². The van der Waals surface area contributed by atoms with Crippen molar-refractivity contribution in [2.45, 2.75) is 94.6 Å². The molecular formula is C32H38F2N6O7S. The number of non-ortho nitro benzene ring substituents is 1. The average molecular weight is 689 g/mol. The Labute approximate surface area is 276 Å². The van der Waals surface area contributed by atoms with Gasteiger partial charge in [-0.25, -0.2) is 36.2 Å². The number of imidazole rings is 1. The largest absolute Gasteiger partial charge is 0.444 e. The summed E-state index contributed by atoms with van der Waals surface area (Å²) in [6, 6.07) is 5.24. The predicted molar refractivity (Wildman–Crippen MR) is 170 cm³/mol. The smallest absolute Gasteiger partial charge is 0.408 e. The number of aromatic nitrogens is 3. The lowest BCUT2D eigenvalue weighted by molar-refractivity contribution is -0.384. The van der Waals surface area contributed by atoms with Gasteiger partial charge in [-0.2, -0.15) is 5.10 Å². The second-order valence-corrected chi connectivity index (χ2v) is 15.2. The molecule has 0 bridgehead atoms. The molecule has 3 aromatic rings. The number of rotatable bonds is 9. The summed E-state index contributed by atoms with van der Waals surface area (Å²) in [6.07, 6.45) is 7.22. The average Bonchev–Trinajstić information content (AvgIpc) is 3.43. The zero-order valence-corrected chi connectivity index (χ0v) is 27.6. The number of hydrogen-bond acceptors (Lipinski definition) is 9. The number of nitrogens with zero attached hydrogens (tertiary/aromatic N) is 4. The van der Waals surface area contributed by atoms with Crippen LogP contribution in [-0.4, -0.2) is 51.5 Å². The topological polar surface area (TPSA) is 175 Å². The lowest BCUT2D eigenvalue weighted by Gasteiger charge is -2.33. The van der Waals surface area contributed by atoms with Gasteiger partial charge in [0.2, 0.25) is 11.8 Å². The molecule has 0 saturated heterocycles. The Balaban J connectivity index is 1.40. The van der Waals surface area contributed by atoms with Crippen LogP contribution in [0, 0.1) is 21.4 Å². The van der Waals surface area contributed by atoms with Crippen LogP contribution in [0.5, 0.6) is 0 Å². The van der Waals surface area contributed by atoms with E-state index >= 15 is 0 Å². The molecule has 0 radical (unpaired) electrons. The number of alkyl carbamates (subject to hydrolysis) is 1. The minimum absolute atomic E-state index is 0.127. The van der Waals surface area contributed by atoms with Gasteiger partial charge in [-0.15, -0.1) is 0 Å². The maximum atomic E-state index is 14.0. The molecule has 2 N–H and O–H groups in total. The Kier molecular flexibility index (Phi) is 9.59. The first-order valence-electron chi connectivity index (χ1n) is 15.6. The van der Waals surface area contributed by atoms with Gasteiger partial charge >= 0.3 is 6.09 Å². The molecule has 1 saturated carbocycles. The first-order chi connectivity index (χ1) is 22.5. The van der Waals surface area contributed by atoms with Crippen LogP contribution in [0.2, 0.25) is 0 Å². The highest BCUT2D eigenvalue weighted by molar-refractivity contribution is 7.90. The highest BCUT2D eigenvalue weighted by atomic mass is 32.2. The summed E-state index contributed by atoms with van der Waals surface area (Å²) in [5, 5.41) is 18.3. The lowest BCUT2D eigenvalue weighted by Crippen LogP contribution is -2.45. The number of nitro benzene ring substituents is 1. The van der Waals surface area contributed by atoms with Crippen molar-refractivity contribution >= 4 is 33.4 Å². The molecule has 5 rings (SSSR count). The van der Waals surface area contributed by atoms with Crippen molar-refractivity contribution in [1.29, 1.82) is 0 Å². The Morgan fingerprint density at radius 2 is 1.83 bits per heavy atom. The quantitative estimate of drug-likeness (QED) is 0.160. The van der Waals surface area contributed by atoms with E-state index in [9.17, 15) is 36.9 Å². The molecule has 0 spiro atoms. The van der Waals surface area contributed by atoms with Crippen molar-refractivity contribution in [1.82, 2.24) is 24.6 Å². The molecule has 16 heteroatoms. The number of amides is 2. The number of fused-ring (bicyclic) bond motifs is 1. The first kappa shape index (κ1) is 34.9. The van der Waals surface area contributed by atoms with Crippen LogP contribution < -0.4 is 10.0 Å². The van der Waals surface area contributed by atoms with Crippen molar-refractivity contribution in [3.05, 3.63) is 76.2 Å². The molecule has 2 aromatic heterocycles. The Bertz CT molecular complexity index is 1830. The number of ether oxygens (including phenoxy) is 1. The van der Waals surface area contributed by atoms with Gasteiger partial charge in [-0.05, 0) is 89.0 Å². The SMILES string of the molecule is CC(C)(C)OC(=O)N[C@H](c1cn2ncc(CC3(C(=O)NS(=O)(=O)c4ccc([N+](=O)[O-])cc4)CC=CCC3)cc2n1)C1CCC(F)(F)CC1. The van der Waals surface area contributed by atoms with Crippen LogP contribution in [0.4, 0.5) is 19.3 Å². The maximum Gasteiger partial charge on any atom is 0.408 e. The molecule has 2 atom stereocenters. The normalized spacial score (nSPS) is 20.6. The van der Waals surface area contributed by atoms with Crippen LogP contribution >= 0.6 is 0 Å². The van der Waals surface area contributed by atoms with Crippen LogP contribution in [0.15, 0.2) is 59.8 Å². The summed E-state index contributed by atoms with van der Waals surface area (Å²) in [4.78, 5) is 41.2. The molecule has 1 fully saturated rings. The third-order valence-electron chi connectivity index (χ3n) is 8.69. The van der Waals surface area contributed by atoms with E-state index in [1.54, 1.807) is 39.2 Å². The number of carbonyl (C=O) groups excluding carboxylic acids is 2. The second kappa shape index (κ2) is 13.2. The number of alkyl halides is 2. The van der Waals surface area contributed by atoms with E-state index in [0.717, 1.165) is 24.3 Å². The van der Waals surface area contributed by atoms with Gasteiger partial charge in [0.05, 0.1) is 39.4 Å². The number of carbonyl (C=O) groups is 2. The molecule has 2 aliphatic rings. The van der Waals surface area contributed by atoms with Crippen molar-refractivity contribution in [2.24, 2.45) is 11.3 Å². The molecular weight excluding hydrogens is 650 g/mol. The fraction of sp³-hybridized carbons (Fsp3) is 0.500. The van der Waals surface area contributed by atoms with Gasteiger partial charge in [-0.1, -0.05) is 12.2 Å². The summed E-state index contributed by atoms with van der Waals surface area (Å²) < 4.78 is 63.3. The highest BCUT2D eigenvalue weighted by Crippen LogP contribution is 2.42. The molecule has 2 heterocycles. The third-order valence-corrected chi connectivity index (χ3v) is 10.0. The van der Waals surface area contributed by atoms with E-state index < -0.39 is 49.9 Å². The van der Waals surface area contributed by atoms with E-state index in [1.807, 2.05) is 12.2 Å². The van der Waals surface area contributed by atoms with E-state index in [1.165, 1.54) is 4.52 Å². The molecule has 0 aliphatic heterocycles. The van der Waals surface area contributed by atoms with Gasteiger partial charge in [0.1, 0.15) is 5.60 Å². The maximum absolute atomic E-state index is 14.0. The van der Waals surface area contributed by atoms with Gasteiger partial charge in [0.25, 0.3) is 15.7 Å². The van der Waals surface area contributed by atoms with Crippen LogP contribution in [0.3, 0.4) is 0 Å². The van der Waals surface area contributed by atoms with Crippen molar-refractivity contribution in [2.75, 3.05) is 0 Å².